The highest BCUT2D eigenvalue weighted by Crippen LogP contribution is 2.47. The Balaban J connectivity index is 0.000000133. The van der Waals surface area contributed by atoms with Gasteiger partial charge in [0.1, 0.15) is 0 Å². The number of aliphatic hydroxyl groups is 4. The van der Waals surface area contributed by atoms with Crippen LogP contribution in [-0.4, -0.2) is 129 Å². The molecule has 12 aliphatic rings. The summed E-state index contributed by atoms with van der Waals surface area (Å²) in [7, 11) is 0. The number of hydrogen-bond acceptors (Lipinski definition) is 12. The van der Waals surface area contributed by atoms with E-state index < -0.39 is 0 Å². The maximum atomic E-state index is 12.3. The highest BCUT2D eigenvalue weighted by Gasteiger charge is 2.45. The van der Waals surface area contributed by atoms with Crippen molar-refractivity contribution in [1.29, 1.82) is 0 Å². The van der Waals surface area contributed by atoms with Gasteiger partial charge in [-0.25, -0.2) is 0 Å². The van der Waals surface area contributed by atoms with Crippen LogP contribution in [-0.2, 0) is 67.3 Å². The number of nitrogens with one attached hydrogen (secondary N) is 6. The maximum Gasteiger partial charge on any atom is 0.223 e. The summed E-state index contributed by atoms with van der Waals surface area (Å²) >= 11 is 0. The Morgan fingerprint density at radius 2 is 0.538 bits per heavy atom. The summed E-state index contributed by atoms with van der Waals surface area (Å²) in [5.41, 5.74) is 20.2. The van der Waals surface area contributed by atoms with Crippen LogP contribution in [0, 0.1) is 71.0 Å². The molecule has 12 fully saturated rings. The van der Waals surface area contributed by atoms with E-state index in [9.17, 15) is 49.2 Å². The van der Waals surface area contributed by atoms with Crippen molar-refractivity contribution < 1.29 is 49.2 Å². The van der Waals surface area contributed by atoms with E-state index in [0.29, 0.717) is 84.5 Å². The summed E-state index contributed by atoms with van der Waals surface area (Å²) in [4.78, 5) is 73.1. The Hall–Kier alpha value is -8.10. The molecular formula is C112H160N8O10. The van der Waals surface area contributed by atoms with E-state index in [4.69, 9.17) is 11.5 Å². The van der Waals surface area contributed by atoms with Gasteiger partial charge in [-0.15, -0.1) is 0 Å². The molecule has 708 valence electrons. The molecule has 12 saturated carbocycles. The second-order valence-corrected chi connectivity index (χ2v) is 41.9. The van der Waals surface area contributed by atoms with Crippen molar-refractivity contribution in [2.24, 2.45) is 82.5 Å². The van der Waals surface area contributed by atoms with Crippen LogP contribution < -0.4 is 43.4 Å². The van der Waals surface area contributed by atoms with Gasteiger partial charge in [0.15, 0.2) is 0 Å². The van der Waals surface area contributed by atoms with Crippen LogP contribution in [0.1, 0.15) is 290 Å². The number of carbonyl (C=O) groups is 6. The first-order chi connectivity index (χ1) is 63.2. The zero-order chi connectivity index (χ0) is 90.8. The highest BCUT2D eigenvalue weighted by molar-refractivity contribution is 5.83. The first-order valence-electron chi connectivity index (χ1n) is 51.5. The van der Waals surface area contributed by atoms with Gasteiger partial charge in [-0.3, -0.25) is 28.8 Å². The van der Waals surface area contributed by atoms with Gasteiger partial charge in [-0.2, -0.15) is 0 Å². The molecule has 6 amide bonds. The molecule has 6 atom stereocenters. The summed E-state index contributed by atoms with van der Waals surface area (Å²) in [5, 5.41) is 57.1. The van der Waals surface area contributed by atoms with Gasteiger partial charge in [0.25, 0.3) is 0 Å². The minimum Gasteiger partial charge on any atom is -0.393 e. The van der Waals surface area contributed by atoms with Crippen LogP contribution in [0.4, 0.5) is 0 Å². The molecule has 18 heteroatoms. The quantitative estimate of drug-likeness (QED) is 0.0193. The summed E-state index contributed by atoms with van der Waals surface area (Å²) in [6.07, 6.45) is 45.7. The Kier molecular flexibility index (Phi) is 40.2. The number of benzene rings is 6. The standard InChI is InChI=1S/C19H28N2O.3C19H27NO2.C18H26N2O.C18H25NO2/c20-16-9-11-17(12-10-16)21-19(22)18-13-15(18)8-4-7-14-5-2-1-3-6-14;21-18-8-6-17(7-9-18)20-19(22)13-16-11-15(12-16)10-14-4-2-1-3-5-14;21-18-10-8-17(9-11-18)20-19(22)13-16-12-15(16)7-6-14-4-2-1-3-5-14;21-18-10-8-17(9-11-18)20-19(22)16-12-15(13-16)7-6-14-4-2-1-3-5-14;19-15-8-10-16(11-9-15)20-18(21)17-12-14(17)7-6-13-4-2-1-3-5-13;20-17-8-6-16(7-9-17)19-18(21)15-11-14(12-15)10-13-4-2-1-3-5-13/h1-3,5-6,15-18H,4,7-13,20H2,(H,21,22);3*1-5,15-18,21H,6-13H2,(H,20,22);1-5,14-17H,6-12,19H2,(H,20,21);1-5,14-17,20H,6-12H2,(H,19,21). The van der Waals surface area contributed by atoms with Gasteiger partial charge in [-0.1, -0.05) is 182 Å². The predicted molar refractivity (Wildman–Crippen MR) is 519 cm³/mol. The summed E-state index contributed by atoms with van der Waals surface area (Å²) in [6, 6.07) is 66.1. The molecule has 6 aromatic carbocycles. The number of hydrogen-bond donors (Lipinski definition) is 12. The second-order valence-electron chi connectivity index (χ2n) is 41.9. The zero-order valence-corrected chi connectivity index (χ0v) is 78.1. The fourth-order valence-corrected chi connectivity index (χ4v) is 22.1. The van der Waals surface area contributed by atoms with E-state index in [1.807, 2.05) is 12.1 Å². The lowest BCUT2D eigenvalue weighted by Crippen LogP contribution is -2.45. The molecule has 0 bridgehead atoms. The van der Waals surface area contributed by atoms with Gasteiger partial charge >= 0.3 is 0 Å². The van der Waals surface area contributed by atoms with Gasteiger partial charge in [0.2, 0.25) is 35.4 Å². The molecule has 0 heterocycles. The second kappa shape index (κ2) is 52.5. The number of aliphatic hydroxyl groups excluding tert-OH is 4. The Labute approximate surface area is 778 Å². The molecule has 130 heavy (non-hydrogen) atoms. The van der Waals surface area contributed by atoms with Crippen molar-refractivity contribution in [3.8, 4) is 0 Å². The summed E-state index contributed by atoms with van der Waals surface area (Å²) < 4.78 is 0. The molecule has 0 radical (unpaired) electrons. The lowest BCUT2D eigenvalue weighted by Gasteiger charge is -2.36. The maximum absolute atomic E-state index is 12.3. The monoisotopic (exact) mass is 1780 g/mol. The third kappa shape index (κ3) is 35.4. The van der Waals surface area contributed by atoms with E-state index in [-0.39, 0.29) is 95.7 Å². The topological polar surface area (TPSA) is 308 Å². The highest BCUT2D eigenvalue weighted by atomic mass is 16.3. The number of nitrogens with two attached hydrogens (primary N) is 2. The smallest absolute Gasteiger partial charge is 0.223 e. The summed E-state index contributed by atoms with van der Waals surface area (Å²) in [5.74, 6) is 7.74. The molecule has 18 rings (SSSR count). The Morgan fingerprint density at radius 1 is 0.254 bits per heavy atom. The largest absolute Gasteiger partial charge is 0.393 e. The minimum absolute atomic E-state index is 0.153. The van der Waals surface area contributed by atoms with Crippen molar-refractivity contribution in [2.45, 2.75) is 368 Å². The average molecular weight is 1780 g/mol. The zero-order valence-electron chi connectivity index (χ0n) is 78.1. The first kappa shape index (κ1) is 99.4. The minimum atomic E-state index is -0.155. The van der Waals surface area contributed by atoms with E-state index >= 15 is 0 Å². The van der Waals surface area contributed by atoms with E-state index in [2.05, 4.69) is 202 Å². The lowest BCUT2D eigenvalue weighted by molar-refractivity contribution is -0.131. The third-order valence-electron chi connectivity index (χ3n) is 31.1. The Morgan fingerprint density at radius 3 is 0.908 bits per heavy atom. The van der Waals surface area contributed by atoms with Gasteiger partial charge in [-0.05, 0) is 363 Å². The van der Waals surface area contributed by atoms with Crippen molar-refractivity contribution in [1.82, 2.24) is 31.9 Å². The number of aryl methyl sites for hydroxylation is 4. The molecule has 6 aromatic rings. The van der Waals surface area contributed by atoms with Crippen LogP contribution in [0.15, 0.2) is 182 Å². The van der Waals surface area contributed by atoms with Gasteiger partial charge in [0, 0.05) is 84.8 Å². The van der Waals surface area contributed by atoms with Crippen molar-refractivity contribution in [3.05, 3.63) is 215 Å². The molecular weight excluding hydrogens is 1620 g/mol. The normalized spacial score (nSPS) is 31.3. The Bertz CT molecular complexity index is 4100. The summed E-state index contributed by atoms with van der Waals surface area (Å²) in [6.45, 7) is 0. The van der Waals surface area contributed by atoms with E-state index in [1.54, 1.807) is 0 Å². The number of carbonyl (C=O) groups excluding carboxylic acids is 6. The van der Waals surface area contributed by atoms with Crippen LogP contribution in [0.3, 0.4) is 0 Å². The van der Waals surface area contributed by atoms with E-state index in [1.165, 1.54) is 78.3 Å². The number of rotatable bonds is 31. The molecule has 0 saturated heterocycles. The predicted octanol–water partition coefficient (Wildman–Crippen LogP) is 17.5. The van der Waals surface area contributed by atoms with Gasteiger partial charge in [0.05, 0.1) is 24.4 Å². The third-order valence-corrected chi connectivity index (χ3v) is 31.1. The fourth-order valence-electron chi connectivity index (χ4n) is 22.1. The molecule has 18 nitrogen and oxygen atoms in total. The molecule has 14 N–H and O–H groups in total. The first-order valence-corrected chi connectivity index (χ1v) is 51.5. The van der Waals surface area contributed by atoms with Crippen LogP contribution in [0.2, 0.25) is 0 Å². The molecule has 0 spiro atoms. The van der Waals surface area contributed by atoms with Gasteiger partial charge < -0.3 is 63.8 Å². The van der Waals surface area contributed by atoms with Crippen molar-refractivity contribution >= 4 is 35.4 Å². The van der Waals surface area contributed by atoms with Crippen molar-refractivity contribution in [2.75, 3.05) is 0 Å². The lowest BCUT2D eigenvalue weighted by atomic mass is 9.70. The average Bonchev–Trinajstić information content (AvgIpc) is 1.64. The molecule has 0 aromatic heterocycles. The van der Waals surface area contributed by atoms with Crippen LogP contribution in [0.5, 0.6) is 0 Å². The fraction of sp³-hybridized carbons (Fsp3) is 0.625. The van der Waals surface area contributed by atoms with E-state index in [0.717, 1.165) is 249 Å². The molecule has 12 aliphatic carbocycles. The van der Waals surface area contributed by atoms with Crippen LogP contribution in [0.25, 0.3) is 0 Å². The van der Waals surface area contributed by atoms with Crippen LogP contribution >= 0.6 is 0 Å². The molecule has 6 unspecified atom stereocenters. The van der Waals surface area contributed by atoms with Crippen molar-refractivity contribution in [3.63, 3.8) is 0 Å². The molecule has 0 aliphatic heterocycles. The number of amides is 6. The SMILES string of the molecule is NC1CCC(NC(=O)C2CC2CCCc2ccccc2)CC1.NC1CCC(NC(=O)C2CC2CCc2ccccc2)CC1.O=C(CC1CC(Cc2ccccc2)C1)NC1CCC(O)CC1.O=C(CC1CC1CCc1ccccc1)NC1CCC(O)CC1.O=C(NC1CCC(O)CC1)C1CC(CCc2ccccc2)C1.O=C(NC1CCC(O)CC1)C1CC(Cc2ccccc2)C1.